The molecule has 0 aromatic heterocycles. The average molecular weight is 264 g/mol. The predicted molar refractivity (Wildman–Crippen MR) is 78.3 cm³/mol. The average Bonchev–Trinajstić information content (AvgIpc) is 3.05. The number of fused-ring (bicyclic) bond motifs is 2. The van der Waals surface area contributed by atoms with Crippen LogP contribution in [0, 0.1) is 0 Å². The molecule has 0 bridgehead atoms. The van der Waals surface area contributed by atoms with Gasteiger partial charge >= 0.3 is 0 Å². The molecule has 0 radical (unpaired) electrons. The summed E-state index contributed by atoms with van der Waals surface area (Å²) in [6.07, 6.45) is 1.82. The number of hydrogen-bond acceptors (Lipinski definition) is 2. The minimum Gasteiger partial charge on any atom is -0.324 e. The van der Waals surface area contributed by atoms with Crippen LogP contribution in [-0.2, 0) is 10.3 Å². The Kier molecular flexibility index (Phi) is 2.44. The van der Waals surface area contributed by atoms with E-state index < -0.39 is 5.54 Å². The molecule has 2 aromatic rings. The second-order valence-corrected chi connectivity index (χ2v) is 5.55. The molecule has 1 saturated heterocycles. The van der Waals surface area contributed by atoms with Crippen molar-refractivity contribution in [3.05, 3.63) is 65.7 Å². The van der Waals surface area contributed by atoms with Crippen molar-refractivity contribution < 1.29 is 4.79 Å². The SMILES string of the molecule is O=C1Nc2ccccc2C12CCC(c1ccccc1)N2. The molecule has 1 amide bonds. The van der Waals surface area contributed by atoms with Crippen molar-refractivity contribution in [3.8, 4) is 0 Å². The van der Waals surface area contributed by atoms with Gasteiger partial charge in [-0.2, -0.15) is 0 Å². The van der Waals surface area contributed by atoms with E-state index in [1.807, 2.05) is 42.5 Å². The maximum atomic E-state index is 12.5. The highest BCUT2D eigenvalue weighted by Gasteiger charge is 2.51. The second-order valence-electron chi connectivity index (χ2n) is 5.55. The summed E-state index contributed by atoms with van der Waals surface area (Å²) in [5.74, 6) is 0.0807. The fourth-order valence-corrected chi connectivity index (χ4v) is 3.45. The minimum absolute atomic E-state index is 0.0807. The van der Waals surface area contributed by atoms with Gasteiger partial charge in [0.25, 0.3) is 0 Å². The molecule has 3 nitrogen and oxygen atoms in total. The molecule has 20 heavy (non-hydrogen) atoms. The molecule has 1 spiro atoms. The number of hydrogen-bond donors (Lipinski definition) is 2. The Labute approximate surface area is 118 Å². The molecule has 2 N–H and O–H groups in total. The van der Waals surface area contributed by atoms with Crippen molar-refractivity contribution in [1.82, 2.24) is 5.32 Å². The first-order valence-electron chi connectivity index (χ1n) is 7.03. The van der Waals surface area contributed by atoms with Gasteiger partial charge in [-0.05, 0) is 24.5 Å². The molecule has 4 rings (SSSR count). The Morgan fingerprint density at radius 3 is 2.60 bits per heavy atom. The van der Waals surface area contributed by atoms with Crippen molar-refractivity contribution in [3.63, 3.8) is 0 Å². The topological polar surface area (TPSA) is 41.1 Å². The van der Waals surface area contributed by atoms with Gasteiger partial charge in [0, 0.05) is 17.3 Å². The normalized spacial score (nSPS) is 27.6. The Morgan fingerprint density at radius 1 is 1.00 bits per heavy atom. The number of anilines is 1. The zero-order chi connectivity index (χ0) is 13.6. The summed E-state index contributed by atoms with van der Waals surface area (Å²) in [5.41, 5.74) is 2.74. The van der Waals surface area contributed by atoms with E-state index in [1.54, 1.807) is 0 Å². The summed E-state index contributed by atoms with van der Waals surface area (Å²) >= 11 is 0. The van der Waals surface area contributed by atoms with E-state index in [2.05, 4.69) is 22.8 Å². The number of para-hydroxylation sites is 1. The molecule has 100 valence electrons. The smallest absolute Gasteiger partial charge is 0.249 e. The van der Waals surface area contributed by atoms with Crippen LogP contribution < -0.4 is 10.6 Å². The maximum Gasteiger partial charge on any atom is 0.249 e. The first kappa shape index (κ1) is 11.7. The highest BCUT2D eigenvalue weighted by atomic mass is 16.2. The Bertz CT molecular complexity index is 668. The van der Waals surface area contributed by atoms with Crippen LogP contribution in [0.2, 0.25) is 0 Å². The van der Waals surface area contributed by atoms with Crippen molar-refractivity contribution in [2.24, 2.45) is 0 Å². The van der Waals surface area contributed by atoms with Gasteiger partial charge in [0.1, 0.15) is 5.54 Å². The molecule has 2 aliphatic rings. The summed E-state index contributed by atoms with van der Waals surface area (Å²) in [6, 6.07) is 18.6. The van der Waals surface area contributed by atoms with Crippen LogP contribution in [0.1, 0.15) is 30.0 Å². The first-order valence-corrected chi connectivity index (χ1v) is 7.03. The highest BCUT2D eigenvalue weighted by Crippen LogP contribution is 2.46. The minimum atomic E-state index is -0.545. The molecule has 2 aromatic carbocycles. The molecule has 0 aliphatic carbocycles. The molecule has 0 saturated carbocycles. The van der Waals surface area contributed by atoms with Gasteiger partial charge in [0.2, 0.25) is 5.91 Å². The standard InChI is InChI=1S/C17H16N2O/c20-16-17(13-8-4-5-9-15(13)18-16)11-10-14(19-17)12-6-2-1-3-7-12/h1-9,14,19H,10-11H2,(H,18,20). The Balaban J connectivity index is 1.72. The Hall–Kier alpha value is -2.13. The molecular formula is C17H16N2O. The van der Waals surface area contributed by atoms with E-state index in [-0.39, 0.29) is 11.9 Å². The molecule has 2 unspecified atom stereocenters. The van der Waals surface area contributed by atoms with E-state index in [4.69, 9.17) is 0 Å². The fourth-order valence-electron chi connectivity index (χ4n) is 3.45. The molecule has 1 fully saturated rings. The van der Waals surface area contributed by atoms with E-state index in [0.29, 0.717) is 0 Å². The number of nitrogens with one attached hydrogen (secondary N) is 2. The fraction of sp³-hybridized carbons (Fsp3) is 0.235. The third-order valence-electron chi connectivity index (χ3n) is 4.45. The molecular weight excluding hydrogens is 248 g/mol. The lowest BCUT2D eigenvalue weighted by molar-refractivity contribution is -0.121. The zero-order valence-corrected chi connectivity index (χ0v) is 11.1. The van der Waals surface area contributed by atoms with Crippen LogP contribution >= 0.6 is 0 Å². The van der Waals surface area contributed by atoms with Gasteiger partial charge in [-0.25, -0.2) is 0 Å². The van der Waals surface area contributed by atoms with E-state index in [1.165, 1.54) is 5.56 Å². The van der Waals surface area contributed by atoms with Crippen molar-refractivity contribution >= 4 is 11.6 Å². The van der Waals surface area contributed by atoms with Gasteiger partial charge in [0.05, 0.1) is 0 Å². The number of amides is 1. The number of carbonyl (C=O) groups excluding carboxylic acids is 1. The van der Waals surface area contributed by atoms with Crippen LogP contribution in [-0.4, -0.2) is 5.91 Å². The van der Waals surface area contributed by atoms with Crippen LogP contribution in [0.4, 0.5) is 5.69 Å². The second kappa shape index (κ2) is 4.18. The van der Waals surface area contributed by atoms with Crippen LogP contribution in [0.5, 0.6) is 0 Å². The summed E-state index contributed by atoms with van der Waals surface area (Å²) in [7, 11) is 0. The van der Waals surface area contributed by atoms with Gasteiger partial charge in [-0.15, -0.1) is 0 Å². The van der Waals surface area contributed by atoms with E-state index in [0.717, 1.165) is 24.1 Å². The van der Waals surface area contributed by atoms with Gasteiger partial charge in [0.15, 0.2) is 0 Å². The van der Waals surface area contributed by atoms with Gasteiger partial charge < -0.3 is 5.32 Å². The summed E-state index contributed by atoms with van der Waals surface area (Å²) in [5, 5.41) is 6.58. The number of benzene rings is 2. The highest BCUT2D eigenvalue weighted by molar-refractivity contribution is 6.06. The quantitative estimate of drug-likeness (QED) is 0.831. The van der Waals surface area contributed by atoms with Gasteiger partial charge in [-0.1, -0.05) is 48.5 Å². The van der Waals surface area contributed by atoms with E-state index >= 15 is 0 Å². The van der Waals surface area contributed by atoms with Crippen LogP contribution in [0.15, 0.2) is 54.6 Å². The van der Waals surface area contributed by atoms with Crippen LogP contribution in [0.3, 0.4) is 0 Å². The molecule has 3 heteroatoms. The first-order chi connectivity index (χ1) is 9.79. The third-order valence-corrected chi connectivity index (χ3v) is 4.45. The number of rotatable bonds is 1. The van der Waals surface area contributed by atoms with E-state index in [9.17, 15) is 4.79 Å². The molecule has 2 heterocycles. The molecule has 2 atom stereocenters. The lowest BCUT2D eigenvalue weighted by Gasteiger charge is -2.23. The largest absolute Gasteiger partial charge is 0.324 e. The predicted octanol–water partition coefficient (Wildman–Crippen LogP) is 2.96. The van der Waals surface area contributed by atoms with Gasteiger partial charge in [-0.3, -0.25) is 10.1 Å². The lowest BCUT2D eigenvalue weighted by atomic mass is 9.90. The molecule has 2 aliphatic heterocycles. The van der Waals surface area contributed by atoms with Crippen molar-refractivity contribution in [2.75, 3.05) is 5.32 Å². The lowest BCUT2D eigenvalue weighted by Crippen LogP contribution is -2.43. The maximum absolute atomic E-state index is 12.5. The Morgan fingerprint density at radius 2 is 1.75 bits per heavy atom. The van der Waals surface area contributed by atoms with Crippen molar-refractivity contribution in [2.45, 2.75) is 24.4 Å². The number of carbonyl (C=O) groups is 1. The van der Waals surface area contributed by atoms with Crippen molar-refractivity contribution in [1.29, 1.82) is 0 Å². The summed E-state index contributed by atoms with van der Waals surface area (Å²) in [6.45, 7) is 0. The van der Waals surface area contributed by atoms with Crippen LogP contribution in [0.25, 0.3) is 0 Å². The zero-order valence-electron chi connectivity index (χ0n) is 11.1. The summed E-state index contributed by atoms with van der Waals surface area (Å²) in [4.78, 5) is 12.5. The third kappa shape index (κ3) is 1.53. The monoisotopic (exact) mass is 264 g/mol. The summed E-state index contributed by atoms with van der Waals surface area (Å²) < 4.78 is 0.